The molecule has 4 bridgehead atoms. The molecule has 4 nitrogen and oxygen atoms in total. The number of halogens is 1. The minimum Gasteiger partial charge on any atom is -0.347 e. The van der Waals surface area contributed by atoms with Crippen molar-refractivity contribution in [3.05, 3.63) is 35.6 Å². The first-order valence-electron chi connectivity index (χ1n) is 11.3. The lowest BCUT2D eigenvalue weighted by Crippen LogP contribution is -2.55. The lowest BCUT2D eigenvalue weighted by Gasteiger charge is -2.55. The van der Waals surface area contributed by atoms with Crippen LogP contribution < -0.4 is 5.32 Å². The SMILES string of the molecule is O=C(CNC(=O)C12CC3CC(CC(C3)C1)C2)N1CCCC1Cc1cccc(F)c1. The molecule has 0 aromatic heterocycles. The Morgan fingerprint density at radius 3 is 2.45 bits per heavy atom. The van der Waals surface area contributed by atoms with E-state index in [2.05, 4.69) is 5.32 Å². The molecule has 2 amide bonds. The predicted molar refractivity (Wildman–Crippen MR) is 108 cm³/mol. The Hall–Kier alpha value is -1.91. The molecule has 1 atom stereocenters. The summed E-state index contributed by atoms with van der Waals surface area (Å²) in [6.45, 7) is 0.826. The van der Waals surface area contributed by atoms with Gasteiger partial charge in [0.25, 0.3) is 0 Å². The molecule has 156 valence electrons. The number of likely N-dealkylation sites (tertiary alicyclic amines) is 1. The zero-order valence-electron chi connectivity index (χ0n) is 17.0. The molecule has 4 aliphatic carbocycles. The maximum Gasteiger partial charge on any atom is 0.242 e. The number of amides is 2. The predicted octanol–water partition coefficient (Wildman–Crippen LogP) is 3.69. The van der Waals surface area contributed by atoms with E-state index in [-0.39, 0.29) is 35.6 Å². The summed E-state index contributed by atoms with van der Waals surface area (Å²) in [5, 5.41) is 3.02. The molecule has 1 aromatic rings. The summed E-state index contributed by atoms with van der Waals surface area (Å²) in [6.07, 6.45) is 9.55. The molecular formula is C24H31FN2O2. The molecule has 6 rings (SSSR count). The van der Waals surface area contributed by atoms with Gasteiger partial charge in [-0.25, -0.2) is 4.39 Å². The van der Waals surface area contributed by atoms with Crippen molar-refractivity contribution in [2.45, 2.75) is 63.8 Å². The van der Waals surface area contributed by atoms with Crippen LogP contribution in [-0.4, -0.2) is 35.8 Å². The molecular weight excluding hydrogens is 367 g/mol. The summed E-state index contributed by atoms with van der Waals surface area (Å²) in [6, 6.07) is 6.73. The molecule has 5 fully saturated rings. The summed E-state index contributed by atoms with van der Waals surface area (Å²) >= 11 is 0. The first-order chi connectivity index (χ1) is 14.0. The van der Waals surface area contributed by atoms with Gasteiger partial charge in [0.05, 0.1) is 6.54 Å². The molecule has 0 radical (unpaired) electrons. The largest absolute Gasteiger partial charge is 0.347 e. The second-order valence-electron chi connectivity index (χ2n) is 10.1. The second kappa shape index (κ2) is 7.41. The van der Waals surface area contributed by atoms with Gasteiger partial charge in [-0.05, 0) is 93.2 Å². The maximum atomic E-state index is 13.5. The van der Waals surface area contributed by atoms with Crippen LogP contribution in [0.4, 0.5) is 4.39 Å². The van der Waals surface area contributed by atoms with Gasteiger partial charge in [0, 0.05) is 18.0 Å². The standard InChI is InChI=1S/C24H31FN2O2/c25-20-4-1-3-16(10-20)11-21-5-2-6-27(21)22(28)15-26-23(29)24-12-17-7-18(13-24)9-19(8-17)14-24/h1,3-4,10,17-19,21H,2,5-9,11-15H2,(H,26,29). The first kappa shape index (κ1) is 19.1. The van der Waals surface area contributed by atoms with Crippen molar-refractivity contribution < 1.29 is 14.0 Å². The summed E-state index contributed by atoms with van der Waals surface area (Å²) < 4.78 is 13.5. The molecule has 1 aliphatic heterocycles. The monoisotopic (exact) mass is 398 g/mol. The van der Waals surface area contributed by atoms with Crippen LogP contribution in [0.2, 0.25) is 0 Å². The fourth-order valence-electron chi connectivity index (χ4n) is 7.15. The van der Waals surface area contributed by atoms with Gasteiger partial charge in [-0.2, -0.15) is 0 Å². The van der Waals surface area contributed by atoms with Crippen molar-refractivity contribution in [3.8, 4) is 0 Å². The van der Waals surface area contributed by atoms with E-state index in [4.69, 9.17) is 0 Å². The van der Waals surface area contributed by atoms with E-state index in [1.807, 2.05) is 11.0 Å². The number of nitrogens with zero attached hydrogens (tertiary/aromatic N) is 1. The van der Waals surface area contributed by atoms with Gasteiger partial charge >= 0.3 is 0 Å². The number of benzene rings is 1. The number of carbonyl (C=O) groups is 2. The summed E-state index contributed by atoms with van der Waals surface area (Å²) in [7, 11) is 0. The third kappa shape index (κ3) is 3.69. The third-order valence-electron chi connectivity index (χ3n) is 7.98. The molecule has 5 heteroatoms. The molecule has 1 heterocycles. The van der Waals surface area contributed by atoms with Crippen LogP contribution in [0, 0.1) is 29.0 Å². The van der Waals surface area contributed by atoms with Crippen molar-refractivity contribution in [2.75, 3.05) is 13.1 Å². The maximum absolute atomic E-state index is 13.5. The van der Waals surface area contributed by atoms with Crippen LogP contribution >= 0.6 is 0 Å². The number of nitrogens with one attached hydrogen (secondary N) is 1. The summed E-state index contributed by atoms with van der Waals surface area (Å²) in [5.41, 5.74) is 0.716. The molecule has 4 saturated carbocycles. The minimum atomic E-state index is -0.235. The number of carbonyl (C=O) groups excluding carboxylic acids is 2. The lowest BCUT2D eigenvalue weighted by molar-refractivity contribution is -0.148. The Morgan fingerprint density at radius 1 is 1.10 bits per heavy atom. The van der Waals surface area contributed by atoms with E-state index in [1.165, 1.54) is 25.3 Å². The Kier molecular flexibility index (Phi) is 4.87. The van der Waals surface area contributed by atoms with E-state index < -0.39 is 0 Å². The summed E-state index contributed by atoms with van der Waals surface area (Å²) in [5.74, 6) is 2.04. The van der Waals surface area contributed by atoms with Crippen LogP contribution in [0.25, 0.3) is 0 Å². The molecule has 1 saturated heterocycles. The van der Waals surface area contributed by atoms with Crippen LogP contribution in [0.1, 0.15) is 56.9 Å². The van der Waals surface area contributed by atoms with Gasteiger partial charge in [0.2, 0.25) is 11.8 Å². The fourth-order valence-corrected chi connectivity index (χ4v) is 7.15. The van der Waals surface area contributed by atoms with Crippen molar-refractivity contribution >= 4 is 11.8 Å². The normalized spacial score (nSPS) is 35.1. The highest BCUT2D eigenvalue weighted by Gasteiger charge is 2.54. The van der Waals surface area contributed by atoms with Crippen LogP contribution in [-0.2, 0) is 16.0 Å². The molecule has 29 heavy (non-hydrogen) atoms. The molecule has 5 aliphatic rings. The quantitative estimate of drug-likeness (QED) is 0.822. The third-order valence-corrected chi connectivity index (χ3v) is 7.98. The highest BCUT2D eigenvalue weighted by molar-refractivity contribution is 5.88. The van der Waals surface area contributed by atoms with E-state index in [0.717, 1.165) is 62.0 Å². The number of hydrogen-bond donors (Lipinski definition) is 1. The van der Waals surface area contributed by atoms with Gasteiger partial charge in [-0.1, -0.05) is 12.1 Å². The Labute approximate surface area is 172 Å². The van der Waals surface area contributed by atoms with Gasteiger partial charge in [-0.3, -0.25) is 9.59 Å². The average Bonchev–Trinajstić information content (AvgIpc) is 3.13. The zero-order valence-corrected chi connectivity index (χ0v) is 17.0. The van der Waals surface area contributed by atoms with Crippen LogP contribution in [0.5, 0.6) is 0 Å². The van der Waals surface area contributed by atoms with Crippen LogP contribution in [0.15, 0.2) is 24.3 Å². The molecule has 1 aromatic carbocycles. The van der Waals surface area contributed by atoms with Gasteiger partial charge in [0.15, 0.2) is 0 Å². The average molecular weight is 399 g/mol. The van der Waals surface area contributed by atoms with E-state index in [9.17, 15) is 14.0 Å². The Balaban J connectivity index is 1.19. The van der Waals surface area contributed by atoms with Crippen molar-refractivity contribution in [1.29, 1.82) is 0 Å². The van der Waals surface area contributed by atoms with Gasteiger partial charge < -0.3 is 10.2 Å². The Bertz CT molecular complexity index is 773. The topological polar surface area (TPSA) is 49.4 Å². The smallest absolute Gasteiger partial charge is 0.242 e. The number of hydrogen-bond acceptors (Lipinski definition) is 2. The fraction of sp³-hybridized carbons (Fsp3) is 0.667. The highest BCUT2D eigenvalue weighted by atomic mass is 19.1. The second-order valence-corrected chi connectivity index (χ2v) is 10.1. The van der Waals surface area contributed by atoms with Crippen molar-refractivity contribution in [2.24, 2.45) is 23.2 Å². The zero-order chi connectivity index (χ0) is 20.0. The van der Waals surface area contributed by atoms with Crippen molar-refractivity contribution in [3.63, 3.8) is 0 Å². The first-order valence-corrected chi connectivity index (χ1v) is 11.3. The van der Waals surface area contributed by atoms with E-state index in [1.54, 1.807) is 12.1 Å². The lowest BCUT2D eigenvalue weighted by atomic mass is 9.49. The molecule has 1 N–H and O–H groups in total. The van der Waals surface area contributed by atoms with Gasteiger partial charge in [-0.15, -0.1) is 0 Å². The number of rotatable bonds is 5. The van der Waals surface area contributed by atoms with E-state index >= 15 is 0 Å². The molecule has 0 spiro atoms. The highest BCUT2D eigenvalue weighted by Crippen LogP contribution is 2.60. The van der Waals surface area contributed by atoms with Crippen LogP contribution in [0.3, 0.4) is 0 Å². The Morgan fingerprint density at radius 2 is 1.79 bits per heavy atom. The summed E-state index contributed by atoms with van der Waals surface area (Å²) in [4.78, 5) is 27.9. The van der Waals surface area contributed by atoms with E-state index in [0.29, 0.717) is 6.42 Å². The van der Waals surface area contributed by atoms with Gasteiger partial charge in [0.1, 0.15) is 5.82 Å². The molecule has 1 unspecified atom stereocenters. The van der Waals surface area contributed by atoms with Crippen molar-refractivity contribution in [1.82, 2.24) is 10.2 Å². The minimum absolute atomic E-state index is 0.00183.